The zero-order valence-electron chi connectivity index (χ0n) is 28.2. The Balaban J connectivity index is 1.67. The summed E-state index contributed by atoms with van der Waals surface area (Å²) < 4.78 is 71.2. The number of fused-ring (bicyclic) bond motifs is 7. The molecule has 8 aromatic rings. The Morgan fingerprint density at radius 1 is 0.368 bits per heavy atom. The summed E-state index contributed by atoms with van der Waals surface area (Å²) in [5, 5.41) is 7.00. The van der Waals surface area contributed by atoms with E-state index in [0.717, 1.165) is 32.3 Å². The van der Waals surface area contributed by atoms with Crippen molar-refractivity contribution in [3.63, 3.8) is 0 Å². The highest BCUT2D eigenvalue weighted by Gasteiger charge is 2.17. The van der Waals surface area contributed by atoms with Gasteiger partial charge in [0.25, 0.3) is 0 Å². The predicted octanol–water partition coefficient (Wildman–Crippen LogP) is 10.8. The van der Waals surface area contributed by atoms with Crippen LogP contribution in [0.15, 0.2) is 145 Å². The second kappa shape index (κ2) is 8.30. The van der Waals surface area contributed by atoms with Gasteiger partial charge in [-0.05, 0) is 82.2 Å². The van der Waals surface area contributed by atoms with Crippen LogP contribution in [0.5, 0.6) is 0 Å². The first kappa shape index (κ1) is 14.7. The largest absolute Gasteiger partial charge is 0.0629 e. The molecule has 38 heavy (non-hydrogen) atoms. The van der Waals surface area contributed by atoms with Gasteiger partial charge in [-0.2, -0.15) is 0 Å². The lowest BCUT2D eigenvalue weighted by atomic mass is 9.85. The maximum Gasteiger partial charge on any atom is 0.0629 e. The van der Waals surface area contributed by atoms with Gasteiger partial charge in [-0.1, -0.05) is 139 Å². The van der Waals surface area contributed by atoms with Crippen LogP contribution in [0.25, 0.3) is 76.1 Å². The Labute approximate surface area is 232 Å². The third-order valence-electron chi connectivity index (χ3n) is 7.45. The number of rotatable bonds is 2. The number of benzene rings is 8. The van der Waals surface area contributed by atoms with E-state index in [4.69, 9.17) is 8.22 Å². The van der Waals surface area contributed by atoms with E-state index in [9.17, 15) is 2.74 Å². The summed E-state index contributed by atoms with van der Waals surface area (Å²) in [6.45, 7) is 0. The molecule has 0 bridgehead atoms. The van der Waals surface area contributed by atoms with Crippen LogP contribution < -0.4 is 0 Å². The van der Waals surface area contributed by atoms with Crippen molar-refractivity contribution < 1.29 is 11.0 Å². The van der Waals surface area contributed by atoms with Gasteiger partial charge in [-0.3, -0.25) is 0 Å². The molecular weight excluding hydrogens is 456 g/mol. The van der Waals surface area contributed by atoms with E-state index < -0.39 is 24.2 Å². The molecule has 8 rings (SSSR count). The summed E-state index contributed by atoms with van der Waals surface area (Å²) in [6, 6.07) is 28.6. The predicted molar refractivity (Wildman–Crippen MR) is 165 cm³/mol. The molecule has 8 aromatic carbocycles. The van der Waals surface area contributed by atoms with Gasteiger partial charge in [0.2, 0.25) is 0 Å². The van der Waals surface area contributed by atoms with Crippen LogP contribution in [0.3, 0.4) is 0 Å². The van der Waals surface area contributed by atoms with Crippen molar-refractivity contribution in [3.05, 3.63) is 145 Å². The minimum absolute atomic E-state index is 0.215. The Morgan fingerprint density at radius 2 is 0.868 bits per heavy atom. The smallest absolute Gasteiger partial charge is 0.0622 e. The summed E-state index contributed by atoms with van der Waals surface area (Å²) in [5.74, 6) is 0. The van der Waals surface area contributed by atoms with Gasteiger partial charge in [-0.15, -0.1) is 0 Å². The molecule has 0 N–H and O–H groups in total. The highest BCUT2D eigenvalue weighted by molar-refractivity contribution is 6.24. The van der Waals surface area contributed by atoms with E-state index in [2.05, 4.69) is 30.3 Å². The normalized spacial score (nSPS) is 14.6. The third kappa shape index (κ3) is 3.11. The molecule has 0 spiro atoms. The van der Waals surface area contributed by atoms with E-state index in [1.54, 1.807) is 24.3 Å². The summed E-state index contributed by atoms with van der Waals surface area (Å²) >= 11 is 0. The lowest BCUT2D eigenvalue weighted by molar-refractivity contribution is 1.66. The molecule has 0 aromatic heterocycles. The zero-order valence-corrected chi connectivity index (χ0v) is 20.2. The molecular formula is C38H24. The van der Waals surface area contributed by atoms with Gasteiger partial charge in [-0.25, -0.2) is 0 Å². The summed E-state index contributed by atoms with van der Waals surface area (Å²) in [7, 11) is 0. The highest BCUT2D eigenvalue weighted by atomic mass is 14.2. The molecule has 0 aliphatic carbocycles. The Hall–Kier alpha value is -4.94. The fraction of sp³-hybridized carbons (Fsp3) is 0. The zero-order chi connectivity index (χ0) is 32.0. The SMILES string of the molecule is [2H]c1c([2H])c([2H])c2c(-c3ccc4ccc5ccc6ccccc6c5c4c3)c3c([2H])c([2H])c([2H])c([2H])c3c(-c3ccccc3)c2c1[2H]. The maximum absolute atomic E-state index is 9.19. The first-order valence-corrected chi connectivity index (χ1v) is 12.5. The van der Waals surface area contributed by atoms with Gasteiger partial charge in [0, 0.05) is 0 Å². The van der Waals surface area contributed by atoms with Gasteiger partial charge in [0.15, 0.2) is 0 Å². The van der Waals surface area contributed by atoms with E-state index in [1.165, 1.54) is 0 Å². The van der Waals surface area contributed by atoms with E-state index in [1.807, 2.05) is 42.5 Å². The van der Waals surface area contributed by atoms with Crippen LogP contribution in [0.2, 0.25) is 0 Å². The Bertz CT molecular complexity index is 2520. The van der Waals surface area contributed by atoms with E-state index >= 15 is 0 Å². The van der Waals surface area contributed by atoms with Crippen LogP contribution in [0, 0.1) is 0 Å². The fourth-order valence-electron chi connectivity index (χ4n) is 5.79. The molecule has 0 heterocycles. The van der Waals surface area contributed by atoms with Crippen LogP contribution in [0.1, 0.15) is 11.0 Å². The molecule has 0 nitrogen and oxygen atoms in total. The lowest BCUT2D eigenvalue weighted by Gasteiger charge is -2.18. The quantitative estimate of drug-likeness (QED) is 0.168. The molecule has 0 aliphatic rings. The van der Waals surface area contributed by atoms with Gasteiger partial charge in [0.1, 0.15) is 0 Å². The van der Waals surface area contributed by atoms with E-state index in [0.29, 0.717) is 22.3 Å². The second-order valence-corrected chi connectivity index (χ2v) is 9.50. The lowest BCUT2D eigenvalue weighted by Crippen LogP contribution is -1.91. The molecule has 176 valence electrons. The molecule has 0 atom stereocenters. The molecule has 0 aliphatic heterocycles. The number of hydrogen-bond acceptors (Lipinski definition) is 0. The molecule has 0 unspecified atom stereocenters. The summed E-state index contributed by atoms with van der Waals surface area (Å²) in [6.07, 6.45) is 0. The minimum Gasteiger partial charge on any atom is -0.0622 e. The fourth-order valence-corrected chi connectivity index (χ4v) is 5.79. The van der Waals surface area contributed by atoms with Crippen molar-refractivity contribution in [2.75, 3.05) is 0 Å². The minimum atomic E-state index is -0.407. The van der Waals surface area contributed by atoms with Crippen LogP contribution in [-0.2, 0) is 0 Å². The molecule has 0 amide bonds. The monoisotopic (exact) mass is 488 g/mol. The molecule has 0 heteroatoms. The van der Waals surface area contributed by atoms with Crippen molar-refractivity contribution in [1.82, 2.24) is 0 Å². The summed E-state index contributed by atoms with van der Waals surface area (Å²) in [5.41, 5.74) is 1.89. The maximum atomic E-state index is 9.19. The van der Waals surface area contributed by atoms with Crippen molar-refractivity contribution in [1.29, 1.82) is 0 Å². The van der Waals surface area contributed by atoms with Gasteiger partial charge < -0.3 is 0 Å². The highest BCUT2D eigenvalue weighted by Crippen LogP contribution is 2.44. The van der Waals surface area contributed by atoms with Gasteiger partial charge >= 0.3 is 0 Å². The van der Waals surface area contributed by atoms with E-state index in [-0.39, 0.29) is 45.7 Å². The topological polar surface area (TPSA) is 0 Å². The van der Waals surface area contributed by atoms with Crippen molar-refractivity contribution >= 4 is 53.9 Å². The second-order valence-electron chi connectivity index (χ2n) is 9.50. The molecule has 0 saturated carbocycles. The van der Waals surface area contributed by atoms with Crippen LogP contribution in [-0.4, -0.2) is 0 Å². The first-order chi connectivity index (χ1) is 22.2. The average Bonchev–Trinajstić information content (AvgIpc) is 3.09. The number of hydrogen-bond donors (Lipinski definition) is 0. The van der Waals surface area contributed by atoms with Crippen LogP contribution >= 0.6 is 0 Å². The van der Waals surface area contributed by atoms with Gasteiger partial charge in [0.05, 0.1) is 11.0 Å². The average molecular weight is 489 g/mol. The van der Waals surface area contributed by atoms with Crippen LogP contribution in [0.4, 0.5) is 0 Å². The molecule has 0 saturated heterocycles. The Kier molecular flexibility index (Phi) is 3.21. The van der Waals surface area contributed by atoms with Crippen molar-refractivity contribution in [2.24, 2.45) is 0 Å². The summed E-state index contributed by atoms with van der Waals surface area (Å²) in [4.78, 5) is 0. The first-order valence-electron chi connectivity index (χ1n) is 16.5. The van der Waals surface area contributed by atoms with Crippen molar-refractivity contribution in [3.8, 4) is 22.3 Å². The molecule has 0 fully saturated rings. The molecule has 0 radical (unpaired) electrons. The Morgan fingerprint density at radius 3 is 1.53 bits per heavy atom. The third-order valence-corrected chi connectivity index (χ3v) is 7.45. The van der Waals surface area contributed by atoms with Crippen molar-refractivity contribution in [2.45, 2.75) is 0 Å². The standard InChI is InChI=1S/C38H24/c1-2-11-27(12-3-1)37-31-14-6-8-16-33(31)38(34-17-9-7-15-32(34)37)29-23-20-26-19-22-28-21-18-25-10-4-5-13-30(25)36(28)35(26)24-29/h1-24H/i6D,7D,8D,9D,14D,15D,16D,17D.